The van der Waals surface area contributed by atoms with Crippen molar-refractivity contribution in [3.63, 3.8) is 0 Å². The first-order valence-corrected chi connectivity index (χ1v) is 12.5. The molecule has 2 saturated heterocycles. The van der Waals surface area contributed by atoms with E-state index in [1.165, 1.54) is 72.7 Å². The quantitative estimate of drug-likeness (QED) is 0.481. The van der Waals surface area contributed by atoms with Crippen molar-refractivity contribution in [3.05, 3.63) is 0 Å². The lowest BCUT2D eigenvalue weighted by Gasteiger charge is -2.54. The first kappa shape index (κ1) is 19.1. The smallest absolute Gasteiger partial charge is 0.0468 e. The number of rotatable bonds is 8. The molecule has 0 amide bonds. The largest absolute Gasteiger partial charge is 0.296 e. The summed E-state index contributed by atoms with van der Waals surface area (Å²) in [6.07, 6.45) is 14.6. The predicted molar refractivity (Wildman–Crippen MR) is 106 cm³/mol. The molecule has 1 nitrogen and oxygen atoms in total. The zero-order chi connectivity index (χ0) is 16.2. The molecule has 2 rings (SSSR count). The van der Waals surface area contributed by atoms with Crippen LogP contribution in [0.25, 0.3) is 0 Å². The van der Waals surface area contributed by atoms with Gasteiger partial charge in [0.1, 0.15) is 0 Å². The molecule has 2 fully saturated rings. The summed E-state index contributed by atoms with van der Waals surface area (Å²) >= 11 is 0. The van der Waals surface area contributed by atoms with E-state index in [2.05, 4.69) is 39.6 Å². The van der Waals surface area contributed by atoms with Crippen LogP contribution in [-0.2, 0) is 0 Å². The fourth-order valence-electron chi connectivity index (χ4n) is 5.22. The molecule has 0 N–H and O–H groups in total. The van der Waals surface area contributed by atoms with Crippen LogP contribution in [0.15, 0.2) is 0 Å². The van der Waals surface area contributed by atoms with E-state index in [0.717, 1.165) is 5.66 Å². The molecule has 0 radical (unpaired) electrons. The van der Waals surface area contributed by atoms with Crippen molar-refractivity contribution in [2.45, 2.75) is 95.2 Å². The maximum Gasteiger partial charge on any atom is 0.0468 e. The second-order valence-electron chi connectivity index (χ2n) is 7.87. The lowest BCUT2D eigenvalue weighted by molar-refractivity contribution is 0.154. The SMILES string of the molecule is CCCCN(C)C1([C@@]2(C)CCC[P@@]2C(C)CCC)CCCP1. The van der Waals surface area contributed by atoms with Crippen molar-refractivity contribution in [1.82, 2.24) is 4.90 Å². The molecule has 0 saturated carbocycles. The summed E-state index contributed by atoms with van der Waals surface area (Å²) in [6, 6.07) is 0. The third kappa shape index (κ3) is 3.43. The van der Waals surface area contributed by atoms with Crippen LogP contribution in [-0.4, -0.2) is 46.9 Å². The Morgan fingerprint density at radius 2 is 1.95 bits per heavy atom. The molecule has 3 unspecified atom stereocenters. The molecule has 2 heterocycles. The van der Waals surface area contributed by atoms with Gasteiger partial charge in [-0.3, -0.25) is 4.90 Å². The van der Waals surface area contributed by atoms with Gasteiger partial charge in [0.05, 0.1) is 0 Å². The van der Waals surface area contributed by atoms with Crippen LogP contribution < -0.4 is 0 Å². The Morgan fingerprint density at radius 3 is 2.55 bits per heavy atom. The highest BCUT2D eigenvalue weighted by atomic mass is 31.1. The maximum atomic E-state index is 2.85. The molecule has 2 aliphatic heterocycles. The van der Waals surface area contributed by atoms with Crippen LogP contribution in [0.4, 0.5) is 0 Å². The zero-order valence-electron chi connectivity index (χ0n) is 15.7. The fraction of sp³-hybridized carbons (Fsp3) is 1.00. The van der Waals surface area contributed by atoms with Gasteiger partial charge >= 0.3 is 0 Å². The highest BCUT2D eigenvalue weighted by molar-refractivity contribution is 7.61. The van der Waals surface area contributed by atoms with Gasteiger partial charge in [-0.25, -0.2) is 0 Å². The van der Waals surface area contributed by atoms with Crippen LogP contribution in [0.2, 0.25) is 0 Å². The Labute approximate surface area is 142 Å². The monoisotopic (exact) mass is 343 g/mol. The first-order valence-electron chi connectivity index (χ1n) is 9.75. The van der Waals surface area contributed by atoms with Gasteiger partial charge in [-0.15, -0.1) is 0 Å². The molecule has 22 heavy (non-hydrogen) atoms. The van der Waals surface area contributed by atoms with Gasteiger partial charge < -0.3 is 0 Å². The molecule has 5 atom stereocenters. The summed E-state index contributed by atoms with van der Waals surface area (Å²) in [6.45, 7) is 11.3. The van der Waals surface area contributed by atoms with Gasteiger partial charge in [0.15, 0.2) is 0 Å². The van der Waals surface area contributed by atoms with Crippen molar-refractivity contribution in [2.75, 3.05) is 25.9 Å². The molecule has 2 aliphatic rings. The fourth-order valence-corrected chi connectivity index (χ4v) is 12.1. The van der Waals surface area contributed by atoms with Crippen molar-refractivity contribution in [3.8, 4) is 0 Å². The van der Waals surface area contributed by atoms with E-state index in [0.29, 0.717) is 10.4 Å². The van der Waals surface area contributed by atoms with Gasteiger partial charge in [-0.1, -0.05) is 57.0 Å². The van der Waals surface area contributed by atoms with Crippen LogP contribution in [0, 0.1) is 0 Å². The topological polar surface area (TPSA) is 3.24 Å². The van der Waals surface area contributed by atoms with Crippen molar-refractivity contribution in [2.24, 2.45) is 0 Å². The summed E-state index contributed by atoms with van der Waals surface area (Å²) in [7, 11) is 3.86. The van der Waals surface area contributed by atoms with E-state index in [1.807, 2.05) is 0 Å². The van der Waals surface area contributed by atoms with E-state index in [1.54, 1.807) is 6.16 Å². The number of nitrogens with zero attached hydrogens (tertiary/aromatic N) is 1. The average Bonchev–Trinajstić information content (AvgIpc) is 3.13. The summed E-state index contributed by atoms with van der Waals surface area (Å²) < 4.78 is 0. The lowest BCUT2D eigenvalue weighted by atomic mass is 9.90. The minimum absolute atomic E-state index is 0.201. The number of hydrogen-bond acceptors (Lipinski definition) is 1. The third-order valence-electron chi connectivity index (χ3n) is 6.46. The standard InChI is InChI=1S/C19H39NP2/c1-6-8-14-20(5)19(13-9-15-21-19)18(4)12-10-16-22(18)17(3)11-7-2/h17,21H,6-16H2,1-5H3/t17?,18-,19?,22+/m1/s1. The van der Waals surface area contributed by atoms with Gasteiger partial charge in [0.25, 0.3) is 0 Å². The van der Waals surface area contributed by atoms with E-state index < -0.39 is 0 Å². The van der Waals surface area contributed by atoms with Crippen molar-refractivity contribution < 1.29 is 0 Å². The Hall–Kier alpha value is 0.820. The molecule has 3 heteroatoms. The minimum atomic E-state index is 0.201. The van der Waals surface area contributed by atoms with Crippen LogP contribution in [0.1, 0.15) is 79.1 Å². The third-order valence-corrected chi connectivity index (χ3v) is 13.0. The minimum Gasteiger partial charge on any atom is -0.296 e. The molecule has 0 bridgehead atoms. The summed E-state index contributed by atoms with van der Waals surface area (Å²) in [4.78, 5) is 2.85. The van der Waals surface area contributed by atoms with E-state index in [4.69, 9.17) is 0 Å². The summed E-state index contributed by atoms with van der Waals surface area (Å²) in [5.74, 6) is 0. The zero-order valence-corrected chi connectivity index (χ0v) is 17.6. The summed E-state index contributed by atoms with van der Waals surface area (Å²) in [5, 5.41) is 1.20. The number of hydrogen-bond donors (Lipinski definition) is 0. The molecule has 0 aliphatic carbocycles. The predicted octanol–water partition coefficient (Wildman–Crippen LogP) is 6.11. The second kappa shape index (κ2) is 8.27. The Balaban J connectivity index is 2.25. The maximum absolute atomic E-state index is 2.85. The highest BCUT2D eigenvalue weighted by Gasteiger charge is 2.57. The molecule has 0 spiro atoms. The van der Waals surface area contributed by atoms with Crippen molar-refractivity contribution >= 4 is 16.5 Å². The summed E-state index contributed by atoms with van der Waals surface area (Å²) in [5.41, 5.74) is 0.981. The highest BCUT2D eigenvalue weighted by Crippen LogP contribution is 2.72. The Morgan fingerprint density at radius 1 is 1.18 bits per heavy atom. The molecule has 0 aromatic carbocycles. The molecular weight excluding hydrogens is 304 g/mol. The Kier molecular flexibility index (Phi) is 7.20. The number of unbranched alkanes of at least 4 members (excludes halogenated alkanes) is 1. The van der Waals surface area contributed by atoms with E-state index in [9.17, 15) is 0 Å². The van der Waals surface area contributed by atoms with Gasteiger partial charge in [0, 0.05) is 10.4 Å². The van der Waals surface area contributed by atoms with Crippen LogP contribution in [0.5, 0.6) is 0 Å². The van der Waals surface area contributed by atoms with Crippen molar-refractivity contribution in [1.29, 1.82) is 0 Å². The molecule has 130 valence electrons. The normalized spacial score (nSPS) is 38.2. The average molecular weight is 343 g/mol. The van der Waals surface area contributed by atoms with Crippen LogP contribution in [0.3, 0.4) is 0 Å². The van der Waals surface area contributed by atoms with Gasteiger partial charge in [-0.05, 0) is 70.1 Å². The van der Waals surface area contributed by atoms with Crippen LogP contribution >= 0.6 is 16.5 Å². The van der Waals surface area contributed by atoms with Gasteiger partial charge in [-0.2, -0.15) is 0 Å². The molecular formula is C19H39NP2. The van der Waals surface area contributed by atoms with Gasteiger partial charge in [0.2, 0.25) is 0 Å². The molecule has 0 aromatic heterocycles. The second-order valence-corrected chi connectivity index (χ2v) is 12.8. The first-order chi connectivity index (χ1) is 10.5. The molecule has 0 aromatic rings. The van der Waals surface area contributed by atoms with E-state index >= 15 is 0 Å². The van der Waals surface area contributed by atoms with E-state index in [-0.39, 0.29) is 7.92 Å². The lowest BCUT2D eigenvalue weighted by Crippen LogP contribution is -2.56. The Bertz CT molecular complexity index is 340.